The molecule has 8 heteroatoms. The van der Waals surface area contributed by atoms with E-state index < -0.39 is 23.7 Å². The molecule has 178 valence electrons. The highest BCUT2D eigenvalue weighted by Crippen LogP contribution is 2.20. The lowest BCUT2D eigenvalue weighted by atomic mass is 10.0. The van der Waals surface area contributed by atoms with Crippen molar-refractivity contribution < 1.29 is 23.9 Å². The van der Waals surface area contributed by atoms with Gasteiger partial charge in [-0.05, 0) is 53.0 Å². The zero-order valence-corrected chi connectivity index (χ0v) is 20.6. The number of nitrogens with one attached hydrogen (secondary N) is 1. The largest absolute Gasteiger partial charge is 0.465 e. The van der Waals surface area contributed by atoms with Crippen LogP contribution in [0.1, 0.15) is 46.6 Å². The third-order valence-corrected chi connectivity index (χ3v) is 6.30. The Morgan fingerprint density at radius 3 is 2.53 bits per heavy atom. The van der Waals surface area contributed by atoms with Crippen molar-refractivity contribution in [3.05, 3.63) is 35.9 Å². The molecule has 1 aromatic rings. The fraction of sp³-hybridized carbons (Fsp3) is 0.625. The van der Waals surface area contributed by atoms with Crippen LogP contribution in [0.15, 0.2) is 30.3 Å². The van der Waals surface area contributed by atoms with Crippen LogP contribution in [0.4, 0.5) is 0 Å². The van der Waals surface area contributed by atoms with Crippen LogP contribution in [0.2, 0.25) is 0 Å². The number of esters is 2. The molecule has 1 aromatic carbocycles. The second kappa shape index (κ2) is 12.3. The van der Waals surface area contributed by atoms with E-state index >= 15 is 0 Å². The number of amides is 1. The summed E-state index contributed by atoms with van der Waals surface area (Å²) in [6, 6.07) is 8.59. The fourth-order valence-electron chi connectivity index (χ4n) is 3.51. The Kier molecular flexibility index (Phi) is 10.0. The molecule has 2 rings (SSSR count). The van der Waals surface area contributed by atoms with E-state index in [1.165, 1.54) is 0 Å². The Bertz CT molecular complexity index is 765. The summed E-state index contributed by atoms with van der Waals surface area (Å²) in [6.07, 6.45) is 1.20. The average molecular weight is 465 g/mol. The van der Waals surface area contributed by atoms with Gasteiger partial charge in [-0.25, -0.2) is 0 Å². The Labute approximate surface area is 195 Å². The van der Waals surface area contributed by atoms with E-state index in [0.717, 1.165) is 5.56 Å². The highest BCUT2D eigenvalue weighted by molar-refractivity contribution is 7.99. The first kappa shape index (κ1) is 26.2. The Morgan fingerprint density at radius 1 is 1.22 bits per heavy atom. The number of benzene rings is 1. The third kappa shape index (κ3) is 8.47. The minimum Gasteiger partial charge on any atom is -0.465 e. The highest BCUT2D eigenvalue weighted by Gasteiger charge is 2.36. The van der Waals surface area contributed by atoms with Gasteiger partial charge < -0.3 is 14.4 Å². The van der Waals surface area contributed by atoms with Gasteiger partial charge in [-0.15, -0.1) is 0 Å². The minimum atomic E-state index is -0.617. The van der Waals surface area contributed by atoms with Gasteiger partial charge in [0.2, 0.25) is 5.91 Å². The molecule has 0 bridgehead atoms. The predicted molar refractivity (Wildman–Crippen MR) is 126 cm³/mol. The van der Waals surface area contributed by atoms with Gasteiger partial charge in [-0.3, -0.25) is 19.7 Å². The van der Waals surface area contributed by atoms with E-state index in [2.05, 4.69) is 5.32 Å². The zero-order chi connectivity index (χ0) is 23.7. The average Bonchev–Trinajstić information content (AvgIpc) is 2.84. The monoisotopic (exact) mass is 464 g/mol. The molecule has 7 nitrogen and oxygen atoms in total. The van der Waals surface area contributed by atoms with Gasteiger partial charge >= 0.3 is 11.9 Å². The maximum atomic E-state index is 13.3. The first-order valence-corrected chi connectivity index (χ1v) is 12.3. The van der Waals surface area contributed by atoms with Gasteiger partial charge in [0.05, 0.1) is 12.6 Å². The van der Waals surface area contributed by atoms with E-state index in [-0.39, 0.29) is 31.1 Å². The van der Waals surface area contributed by atoms with Gasteiger partial charge in [-0.2, -0.15) is 11.8 Å². The van der Waals surface area contributed by atoms with E-state index in [4.69, 9.17) is 9.47 Å². The van der Waals surface area contributed by atoms with Crippen molar-refractivity contribution in [3.63, 3.8) is 0 Å². The van der Waals surface area contributed by atoms with Crippen molar-refractivity contribution in [1.82, 2.24) is 10.2 Å². The van der Waals surface area contributed by atoms with Crippen molar-refractivity contribution in [2.45, 2.75) is 71.2 Å². The van der Waals surface area contributed by atoms with Crippen molar-refractivity contribution >= 4 is 29.6 Å². The molecule has 1 amide bonds. The molecule has 1 fully saturated rings. The van der Waals surface area contributed by atoms with Crippen LogP contribution >= 0.6 is 11.8 Å². The first-order valence-electron chi connectivity index (χ1n) is 11.2. The summed E-state index contributed by atoms with van der Waals surface area (Å²) >= 11 is 1.63. The number of ether oxygens (including phenoxy) is 2. The molecule has 0 spiro atoms. The molecular weight excluding hydrogens is 428 g/mol. The van der Waals surface area contributed by atoms with Gasteiger partial charge in [0.15, 0.2) is 0 Å². The summed E-state index contributed by atoms with van der Waals surface area (Å²) < 4.78 is 10.7. The lowest BCUT2D eigenvalue weighted by Gasteiger charge is -2.31. The van der Waals surface area contributed by atoms with Gasteiger partial charge in [0.25, 0.3) is 0 Å². The minimum absolute atomic E-state index is 0.107. The smallest absolute Gasteiger partial charge is 0.326 e. The van der Waals surface area contributed by atoms with E-state index in [1.54, 1.807) is 44.4 Å². The van der Waals surface area contributed by atoms with Gasteiger partial charge in [0.1, 0.15) is 18.2 Å². The molecule has 0 aromatic heterocycles. The lowest BCUT2D eigenvalue weighted by molar-refractivity contribution is -0.160. The Morgan fingerprint density at radius 2 is 1.91 bits per heavy atom. The first-order chi connectivity index (χ1) is 15.1. The van der Waals surface area contributed by atoms with Crippen molar-refractivity contribution in [2.75, 3.05) is 24.7 Å². The molecule has 32 heavy (non-hydrogen) atoms. The van der Waals surface area contributed by atoms with Crippen molar-refractivity contribution in [2.24, 2.45) is 0 Å². The zero-order valence-electron chi connectivity index (χ0n) is 19.8. The molecule has 0 radical (unpaired) electrons. The number of aryl methyl sites for hydroxylation is 1. The second-order valence-electron chi connectivity index (χ2n) is 8.99. The van der Waals surface area contributed by atoms with Crippen molar-refractivity contribution in [1.29, 1.82) is 0 Å². The number of hydrogen-bond donors (Lipinski definition) is 1. The predicted octanol–water partition coefficient (Wildman–Crippen LogP) is 2.81. The van der Waals surface area contributed by atoms with Crippen LogP contribution in [0.3, 0.4) is 0 Å². The number of carbonyl (C=O) groups is 3. The molecule has 1 aliphatic heterocycles. The van der Waals surface area contributed by atoms with Crippen LogP contribution in [0.25, 0.3) is 0 Å². The van der Waals surface area contributed by atoms with Crippen LogP contribution in [-0.2, 0) is 30.3 Å². The second-order valence-corrected chi connectivity index (χ2v) is 10.1. The SMILES string of the molecule is CCOC(=O)[C@@H](CCc1ccccc1)NC1CSCC(C)N(CC(=O)OC(C)(C)C)C1=O. The normalized spacial score (nSPS) is 20.4. The maximum absolute atomic E-state index is 13.3. The Balaban J connectivity index is 2.11. The summed E-state index contributed by atoms with van der Waals surface area (Å²) in [4.78, 5) is 39.9. The molecule has 1 N–H and O–H groups in total. The fourth-order valence-corrected chi connectivity index (χ4v) is 4.64. The molecule has 3 atom stereocenters. The lowest BCUT2D eigenvalue weighted by Crippen LogP contribution is -2.55. The molecule has 1 heterocycles. The van der Waals surface area contributed by atoms with Crippen LogP contribution in [0.5, 0.6) is 0 Å². The summed E-state index contributed by atoms with van der Waals surface area (Å²) in [7, 11) is 0. The number of nitrogens with zero attached hydrogens (tertiary/aromatic N) is 1. The van der Waals surface area contributed by atoms with E-state index in [9.17, 15) is 14.4 Å². The standard InChI is InChI=1S/C24H36N2O5S/c1-6-30-23(29)19(13-12-18-10-8-7-9-11-18)25-20-16-32-15-17(2)26(22(20)28)14-21(27)31-24(3,4)5/h7-11,17,19-20,25H,6,12-16H2,1-5H3/t17?,19-,20?/m1/s1. The Hall–Kier alpha value is -2.06. The van der Waals surface area contributed by atoms with E-state index in [1.807, 2.05) is 37.3 Å². The number of rotatable bonds is 9. The van der Waals surface area contributed by atoms with Crippen LogP contribution in [0, 0.1) is 0 Å². The third-order valence-electron chi connectivity index (χ3n) is 5.01. The molecule has 0 saturated carbocycles. The number of thioether (sulfide) groups is 1. The summed E-state index contributed by atoms with van der Waals surface area (Å²) in [5, 5.41) is 3.23. The van der Waals surface area contributed by atoms with Crippen LogP contribution < -0.4 is 5.32 Å². The molecule has 1 aliphatic rings. The van der Waals surface area contributed by atoms with Crippen molar-refractivity contribution in [3.8, 4) is 0 Å². The molecular formula is C24H36N2O5S. The molecule has 0 aliphatic carbocycles. The quantitative estimate of drug-likeness (QED) is 0.563. The summed E-state index contributed by atoms with van der Waals surface area (Å²) in [6.45, 7) is 9.26. The van der Waals surface area contributed by atoms with Crippen LogP contribution in [-0.4, -0.2) is 71.1 Å². The number of carbonyl (C=O) groups excluding carboxylic acids is 3. The summed E-state index contributed by atoms with van der Waals surface area (Å²) in [5.41, 5.74) is 0.499. The molecule has 1 saturated heterocycles. The number of hydrogen-bond acceptors (Lipinski definition) is 7. The van der Waals surface area contributed by atoms with Gasteiger partial charge in [0, 0.05) is 17.5 Å². The highest BCUT2D eigenvalue weighted by atomic mass is 32.2. The topological polar surface area (TPSA) is 84.9 Å². The summed E-state index contributed by atoms with van der Waals surface area (Å²) in [5.74, 6) is 0.240. The van der Waals surface area contributed by atoms with E-state index in [0.29, 0.717) is 24.3 Å². The molecule has 2 unspecified atom stereocenters. The maximum Gasteiger partial charge on any atom is 0.326 e. The van der Waals surface area contributed by atoms with Gasteiger partial charge in [-0.1, -0.05) is 30.3 Å².